The molecule has 0 saturated carbocycles. The van der Waals surface area contributed by atoms with Crippen LogP contribution in [0.15, 0.2) is 54.6 Å². The minimum absolute atomic E-state index is 0.0981. The number of benzene rings is 3. The lowest BCUT2D eigenvalue weighted by atomic mass is 9.95. The van der Waals surface area contributed by atoms with Crippen LogP contribution in [-0.2, 0) is 53.2 Å². The van der Waals surface area contributed by atoms with Gasteiger partial charge in [0.25, 0.3) is 0 Å². The van der Waals surface area contributed by atoms with Crippen LogP contribution in [0.4, 0.5) is 22.8 Å². The normalized spacial score (nSPS) is 19.6. The van der Waals surface area contributed by atoms with Gasteiger partial charge in [-0.05, 0) is 176 Å². The zero-order valence-corrected chi connectivity index (χ0v) is 40.2. The number of fused-ring (bicyclic) bond motifs is 3. The van der Waals surface area contributed by atoms with Crippen LogP contribution >= 0.6 is 0 Å². The molecule has 6 aliphatic rings. The summed E-state index contributed by atoms with van der Waals surface area (Å²) in [5, 5.41) is 6.64. The molecule has 3 aromatic rings. The summed E-state index contributed by atoms with van der Waals surface area (Å²) in [6.45, 7) is 21.7. The van der Waals surface area contributed by atoms with Crippen molar-refractivity contribution < 1.29 is 37.0 Å². The molecule has 0 spiro atoms. The number of rotatable bonds is 2. The maximum absolute atomic E-state index is 13.3. The molecule has 0 atom stereocenters. The van der Waals surface area contributed by atoms with Crippen LogP contribution in [0.3, 0.4) is 0 Å². The Labute approximate surface area is 390 Å². The number of Topliss-reactive ketones (excluding diaryl/α,β-unsaturated/α-hetero) is 1. The third-order valence-corrected chi connectivity index (χ3v) is 12.9. The number of hydrogen-bond acceptors (Lipinski definition) is 9. The van der Waals surface area contributed by atoms with Crippen molar-refractivity contribution in [3.05, 3.63) is 105 Å². The van der Waals surface area contributed by atoms with Crippen molar-refractivity contribution in [3.8, 4) is 0 Å². The van der Waals surface area contributed by atoms with Crippen molar-refractivity contribution in [1.29, 1.82) is 0 Å². The maximum Gasteiger partial charge on any atom is 0.410 e. The van der Waals surface area contributed by atoms with Crippen LogP contribution in [-0.4, -0.2) is 120 Å². The highest BCUT2D eigenvalue weighted by molar-refractivity contribution is 5.81. The van der Waals surface area contributed by atoms with Gasteiger partial charge in [0.1, 0.15) is 34.4 Å². The monoisotopic (exact) mass is 919 g/mol. The number of ether oxygens (including phenoxy) is 2. The molecule has 3 saturated heterocycles. The van der Waals surface area contributed by atoms with Crippen LogP contribution < -0.4 is 10.6 Å². The van der Waals surface area contributed by atoms with Crippen LogP contribution in [0, 0.1) is 17.5 Å². The molecule has 3 fully saturated rings. The molecule has 0 aliphatic carbocycles. The lowest BCUT2D eigenvalue weighted by Crippen LogP contribution is -2.49. The minimum Gasteiger partial charge on any atom is -0.444 e. The van der Waals surface area contributed by atoms with E-state index >= 15 is 0 Å². The smallest absolute Gasteiger partial charge is 0.410 e. The van der Waals surface area contributed by atoms with Crippen molar-refractivity contribution in [3.63, 3.8) is 0 Å². The summed E-state index contributed by atoms with van der Waals surface area (Å²) >= 11 is 0. The average Bonchev–Trinajstić information content (AvgIpc) is 3.29. The number of carbonyl (C=O) groups excluding carboxylic acids is 3. The molecule has 9 rings (SSSR count). The Morgan fingerprint density at radius 1 is 0.515 bits per heavy atom. The first-order valence-electron chi connectivity index (χ1n) is 24.1. The van der Waals surface area contributed by atoms with E-state index in [-0.39, 0.29) is 35.4 Å². The van der Waals surface area contributed by atoms with Crippen LogP contribution in [0.5, 0.6) is 0 Å². The first kappa shape index (κ1) is 50.9. The van der Waals surface area contributed by atoms with E-state index in [0.29, 0.717) is 32.0 Å². The van der Waals surface area contributed by atoms with Gasteiger partial charge in [0.05, 0.1) is 0 Å². The SMILES string of the molecule is CC(C)(C)OC(=O)N1CCC(=O)CC1.CC(C)(C)OC(=O)N1CCC(N2CCc3cc(F)ccc3C2)CC1.Fc1ccc2c(c1)CCN(C1CCNCC1)C2.Fc1ccc2c(c1)CCNC2. The predicted octanol–water partition coefficient (Wildman–Crippen LogP) is 8.58. The van der Waals surface area contributed by atoms with Crippen molar-refractivity contribution in [1.82, 2.24) is 30.2 Å². The number of piperidine rings is 3. The average molecular weight is 919 g/mol. The third kappa shape index (κ3) is 15.8. The highest BCUT2D eigenvalue weighted by Gasteiger charge is 2.31. The van der Waals surface area contributed by atoms with Gasteiger partial charge in [0.2, 0.25) is 0 Å². The topological polar surface area (TPSA) is 107 Å². The first-order valence-corrected chi connectivity index (χ1v) is 24.1. The molecule has 6 heterocycles. The molecule has 2 amide bonds. The zero-order chi connectivity index (χ0) is 47.4. The van der Waals surface area contributed by atoms with E-state index in [9.17, 15) is 27.6 Å². The van der Waals surface area contributed by atoms with E-state index in [2.05, 4.69) is 20.4 Å². The van der Waals surface area contributed by atoms with Crippen molar-refractivity contribution in [2.24, 2.45) is 0 Å². The Morgan fingerprint density at radius 3 is 1.41 bits per heavy atom. The van der Waals surface area contributed by atoms with Gasteiger partial charge in [-0.25, -0.2) is 22.8 Å². The van der Waals surface area contributed by atoms with Gasteiger partial charge < -0.3 is 29.9 Å². The van der Waals surface area contributed by atoms with Gasteiger partial charge in [-0.2, -0.15) is 0 Å². The Kier molecular flexibility index (Phi) is 18.1. The fraction of sp³-hybridized carbons (Fsp3) is 0.596. The van der Waals surface area contributed by atoms with Gasteiger partial charge >= 0.3 is 12.2 Å². The number of likely N-dealkylation sites (tertiary alicyclic amines) is 2. The Balaban J connectivity index is 0.000000152. The van der Waals surface area contributed by atoms with E-state index in [4.69, 9.17) is 9.47 Å². The molecule has 2 N–H and O–H groups in total. The fourth-order valence-corrected chi connectivity index (χ4v) is 9.33. The Bertz CT molecular complexity index is 2080. The highest BCUT2D eigenvalue weighted by atomic mass is 19.1. The van der Waals surface area contributed by atoms with Gasteiger partial charge in [0.15, 0.2) is 0 Å². The number of nitrogens with zero attached hydrogens (tertiary/aromatic N) is 4. The van der Waals surface area contributed by atoms with Crippen molar-refractivity contribution >= 4 is 18.0 Å². The lowest BCUT2D eigenvalue weighted by molar-refractivity contribution is -0.121. The molecule has 14 heteroatoms. The molecule has 0 aromatic heterocycles. The van der Waals surface area contributed by atoms with Crippen molar-refractivity contribution in [2.75, 3.05) is 58.9 Å². The van der Waals surface area contributed by atoms with Gasteiger partial charge in [-0.1, -0.05) is 18.2 Å². The molecule has 362 valence electrons. The summed E-state index contributed by atoms with van der Waals surface area (Å²) < 4.78 is 49.8. The van der Waals surface area contributed by atoms with Crippen LogP contribution in [0.25, 0.3) is 0 Å². The van der Waals surface area contributed by atoms with E-state index in [1.165, 1.54) is 41.2 Å². The quantitative estimate of drug-likeness (QED) is 0.262. The van der Waals surface area contributed by atoms with Gasteiger partial charge in [0, 0.05) is 83.8 Å². The van der Waals surface area contributed by atoms with E-state index in [1.54, 1.807) is 35.2 Å². The number of halogens is 3. The number of amides is 2. The summed E-state index contributed by atoms with van der Waals surface area (Å²) in [7, 11) is 0. The van der Waals surface area contributed by atoms with Crippen LogP contribution in [0.2, 0.25) is 0 Å². The summed E-state index contributed by atoms with van der Waals surface area (Å²) in [6.07, 6.45) is 7.67. The third-order valence-electron chi connectivity index (χ3n) is 12.9. The van der Waals surface area contributed by atoms with Crippen LogP contribution in [0.1, 0.15) is 113 Å². The summed E-state index contributed by atoms with van der Waals surface area (Å²) in [6, 6.07) is 16.6. The molecule has 66 heavy (non-hydrogen) atoms. The summed E-state index contributed by atoms with van der Waals surface area (Å²) in [5.41, 5.74) is 6.38. The molecule has 11 nitrogen and oxygen atoms in total. The number of ketones is 1. The zero-order valence-electron chi connectivity index (χ0n) is 40.2. The molecular weight excluding hydrogens is 846 g/mol. The predicted molar refractivity (Wildman–Crippen MR) is 252 cm³/mol. The number of carbonyl (C=O) groups is 3. The molecule has 0 radical (unpaired) electrons. The van der Waals surface area contributed by atoms with E-state index in [0.717, 1.165) is 115 Å². The molecule has 3 aromatic carbocycles. The minimum atomic E-state index is -0.460. The number of hydrogen-bond donors (Lipinski definition) is 2. The van der Waals surface area contributed by atoms with Gasteiger partial charge in [-0.15, -0.1) is 0 Å². The van der Waals surface area contributed by atoms with E-state index in [1.807, 2.05) is 64.6 Å². The molecule has 6 aliphatic heterocycles. The second-order valence-corrected chi connectivity index (χ2v) is 20.3. The molecule has 0 bridgehead atoms. The summed E-state index contributed by atoms with van der Waals surface area (Å²) in [4.78, 5) is 43.1. The molecule has 0 unspecified atom stereocenters. The maximum atomic E-state index is 13.3. The largest absolute Gasteiger partial charge is 0.444 e. The van der Waals surface area contributed by atoms with Crippen molar-refractivity contribution in [2.45, 2.75) is 142 Å². The second-order valence-electron chi connectivity index (χ2n) is 20.3. The Hall–Kier alpha value is -4.50. The summed E-state index contributed by atoms with van der Waals surface area (Å²) in [5.74, 6) is -0.137. The standard InChI is InChI=1S/C19H27FN2O2.C14H19FN2.C10H17NO3.C9H10FN/c1-19(2,3)24-18(23)21-10-7-17(8-11-21)22-9-6-14-12-16(20)5-4-15(14)13-22;15-13-2-1-12-10-17(8-5-11(12)9-13)14-3-6-16-7-4-14;1-10(2,3)14-9(13)11-6-4-8(12)5-7-11;10-9-2-1-8-6-11-4-3-7(8)5-9/h4-5,12,17H,6-11,13H2,1-3H3;1-2,9,14,16H,3-8,10H2;4-7H2,1-3H3;1-2,5,11H,3-4,6H2. The highest BCUT2D eigenvalue weighted by Crippen LogP contribution is 2.27. The molecular formula is C52H73F3N6O5. The lowest BCUT2D eigenvalue weighted by Gasteiger charge is -2.40. The van der Waals surface area contributed by atoms with E-state index < -0.39 is 11.2 Å². The fourth-order valence-electron chi connectivity index (χ4n) is 9.33. The number of nitrogens with one attached hydrogen (secondary N) is 2. The van der Waals surface area contributed by atoms with Gasteiger partial charge in [-0.3, -0.25) is 14.6 Å². The first-order chi connectivity index (χ1) is 31.4. The Morgan fingerprint density at radius 2 is 0.939 bits per heavy atom. The second kappa shape index (κ2) is 23.5.